The number of Topliss-reactive ketones (excluding diaryl/α,β-unsaturated/α-hetero) is 1. The van der Waals surface area contributed by atoms with E-state index in [9.17, 15) is 18.0 Å². The first-order chi connectivity index (χ1) is 13.8. The Kier molecular flexibility index (Phi) is 6.85. The third kappa shape index (κ3) is 5.76. The first-order valence-corrected chi connectivity index (χ1v) is 11.7. The Morgan fingerprint density at radius 3 is 2.17 bits per heavy atom. The fourth-order valence-corrected chi connectivity index (χ4v) is 5.47. The van der Waals surface area contributed by atoms with Gasteiger partial charge in [0.15, 0.2) is 15.6 Å². The Labute approximate surface area is 172 Å². The zero-order valence-electron chi connectivity index (χ0n) is 16.7. The predicted octanol–water partition coefficient (Wildman–Crippen LogP) is 3.56. The number of amides is 1. The highest BCUT2D eigenvalue weighted by Crippen LogP contribution is 2.22. The topological polar surface area (TPSA) is 71.5 Å². The van der Waals surface area contributed by atoms with Gasteiger partial charge in [-0.25, -0.2) is 8.42 Å². The molecule has 0 aliphatic carbocycles. The molecule has 2 aromatic rings. The number of aryl methyl sites for hydroxylation is 1. The van der Waals surface area contributed by atoms with E-state index < -0.39 is 15.1 Å². The number of hydrogen-bond donors (Lipinski definition) is 0. The number of benzene rings is 2. The molecule has 0 saturated carbocycles. The summed E-state index contributed by atoms with van der Waals surface area (Å²) < 4.78 is 25.4. The van der Waals surface area contributed by atoms with E-state index >= 15 is 0 Å². The van der Waals surface area contributed by atoms with Crippen molar-refractivity contribution in [2.45, 2.75) is 43.6 Å². The lowest BCUT2D eigenvalue weighted by atomic mass is 10.0. The summed E-state index contributed by atoms with van der Waals surface area (Å²) in [5.41, 5.74) is 2.50. The zero-order chi connectivity index (χ0) is 20.9. The molecule has 154 valence electrons. The van der Waals surface area contributed by atoms with Crippen LogP contribution < -0.4 is 0 Å². The highest BCUT2D eigenvalue weighted by atomic mass is 32.2. The van der Waals surface area contributed by atoms with Crippen molar-refractivity contribution >= 4 is 21.5 Å². The molecule has 1 amide bonds. The summed E-state index contributed by atoms with van der Waals surface area (Å²) >= 11 is 0. The quantitative estimate of drug-likeness (QED) is 0.651. The molecule has 0 bridgehead atoms. The molecule has 3 rings (SSSR count). The van der Waals surface area contributed by atoms with Crippen LogP contribution in [0.3, 0.4) is 0 Å². The summed E-state index contributed by atoms with van der Waals surface area (Å²) in [7, 11) is -3.24. The Morgan fingerprint density at radius 2 is 1.55 bits per heavy atom. The second-order valence-corrected chi connectivity index (χ2v) is 9.94. The van der Waals surface area contributed by atoms with Gasteiger partial charge in [-0.3, -0.25) is 9.59 Å². The standard InChI is InChI=1S/C23H27NO4S/c1-18-7-9-20(10-8-18)22(25)11-12-23(26)24-15-13-21(14-16-24)29(27,28)17-19-5-3-2-4-6-19/h2-10,21H,11-17H2,1H3. The van der Waals surface area contributed by atoms with Crippen LogP contribution in [-0.4, -0.2) is 43.3 Å². The molecule has 0 atom stereocenters. The van der Waals surface area contributed by atoms with Crippen molar-refractivity contribution in [3.05, 3.63) is 71.3 Å². The van der Waals surface area contributed by atoms with Crippen molar-refractivity contribution in [2.24, 2.45) is 0 Å². The van der Waals surface area contributed by atoms with Crippen LogP contribution in [0.4, 0.5) is 0 Å². The first kappa shape index (κ1) is 21.2. The molecule has 0 spiro atoms. The van der Waals surface area contributed by atoms with E-state index in [1.807, 2.05) is 49.4 Å². The van der Waals surface area contributed by atoms with E-state index in [1.54, 1.807) is 17.0 Å². The van der Waals surface area contributed by atoms with Crippen molar-refractivity contribution in [1.29, 1.82) is 0 Å². The highest BCUT2D eigenvalue weighted by Gasteiger charge is 2.31. The minimum absolute atomic E-state index is 0.0392. The summed E-state index contributed by atoms with van der Waals surface area (Å²) in [6, 6.07) is 16.5. The van der Waals surface area contributed by atoms with E-state index in [4.69, 9.17) is 0 Å². The maximum atomic E-state index is 12.7. The Hall–Kier alpha value is -2.47. The Balaban J connectivity index is 1.47. The highest BCUT2D eigenvalue weighted by molar-refractivity contribution is 7.91. The van der Waals surface area contributed by atoms with Crippen LogP contribution in [0, 0.1) is 6.92 Å². The molecule has 1 heterocycles. The third-order valence-corrected chi connectivity index (χ3v) is 7.68. The molecular weight excluding hydrogens is 386 g/mol. The summed E-state index contributed by atoms with van der Waals surface area (Å²) in [6.07, 6.45) is 1.24. The molecule has 5 nitrogen and oxygen atoms in total. The van der Waals surface area contributed by atoms with Crippen LogP contribution in [0.2, 0.25) is 0 Å². The van der Waals surface area contributed by atoms with Gasteiger partial charge in [0.25, 0.3) is 0 Å². The number of rotatable bonds is 7. The molecule has 0 unspecified atom stereocenters. The van der Waals surface area contributed by atoms with Crippen molar-refractivity contribution in [1.82, 2.24) is 4.90 Å². The average molecular weight is 414 g/mol. The lowest BCUT2D eigenvalue weighted by Crippen LogP contribution is -2.42. The van der Waals surface area contributed by atoms with Crippen molar-refractivity contribution in [3.63, 3.8) is 0 Å². The van der Waals surface area contributed by atoms with Gasteiger partial charge < -0.3 is 4.90 Å². The molecule has 1 saturated heterocycles. The van der Waals surface area contributed by atoms with Gasteiger partial charge in [0.05, 0.1) is 11.0 Å². The molecule has 1 aliphatic heterocycles. The van der Waals surface area contributed by atoms with Crippen molar-refractivity contribution in [3.8, 4) is 0 Å². The minimum atomic E-state index is -3.24. The summed E-state index contributed by atoms with van der Waals surface area (Å²) in [5.74, 6) is -0.0830. The molecule has 1 aliphatic rings. The maximum Gasteiger partial charge on any atom is 0.223 e. The van der Waals surface area contributed by atoms with Gasteiger partial charge in [-0.1, -0.05) is 60.2 Å². The van der Waals surface area contributed by atoms with Crippen LogP contribution in [-0.2, 0) is 20.4 Å². The number of carbonyl (C=O) groups excluding carboxylic acids is 2. The smallest absolute Gasteiger partial charge is 0.223 e. The molecule has 29 heavy (non-hydrogen) atoms. The number of nitrogens with zero attached hydrogens (tertiary/aromatic N) is 1. The minimum Gasteiger partial charge on any atom is -0.343 e. The molecule has 0 aromatic heterocycles. The molecule has 1 fully saturated rings. The first-order valence-electron chi connectivity index (χ1n) is 9.98. The van der Waals surface area contributed by atoms with Crippen LogP contribution in [0.5, 0.6) is 0 Å². The van der Waals surface area contributed by atoms with Crippen LogP contribution >= 0.6 is 0 Å². The van der Waals surface area contributed by atoms with Gasteiger partial charge in [-0.05, 0) is 25.3 Å². The third-order valence-electron chi connectivity index (χ3n) is 5.45. The lowest BCUT2D eigenvalue weighted by molar-refractivity contribution is -0.132. The number of hydrogen-bond acceptors (Lipinski definition) is 4. The Morgan fingerprint density at radius 1 is 0.931 bits per heavy atom. The number of piperidine rings is 1. The number of ketones is 1. The van der Waals surface area contributed by atoms with Gasteiger partial charge in [0.2, 0.25) is 5.91 Å². The average Bonchev–Trinajstić information content (AvgIpc) is 2.73. The fraction of sp³-hybridized carbons (Fsp3) is 0.391. The largest absolute Gasteiger partial charge is 0.343 e. The van der Waals surface area contributed by atoms with Gasteiger partial charge in [0.1, 0.15) is 0 Å². The second-order valence-electron chi connectivity index (χ2n) is 7.66. The van der Waals surface area contributed by atoms with E-state index in [1.165, 1.54) is 0 Å². The van der Waals surface area contributed by atoms with E-state index in [0.717, 1.165) is 11.1 Å². The molecule has 6 heteroatoms. The van der Waals surface area contributed by atoms with Crippen molar-refractivity contribution < 1.29 is 18.0 Å². The SMILES string of the molecule is Cc1ccc(C(=O)CCC(=O)N2CCC(S(=O)(=O)Cc3ccccc3)CC2)cc1. The van der Waals surface area contributed by atoms with Gasteiger partial charge in [-0.2, -0.15) is 0 Å². The van der Waals surface area contributed by atoms with Gasteiger partial charge in [-0.15, -0.1) is 0 Å². The summed E-state index contributed by atoms with van der Waals surface area (Å²) in [6.45, 7) is 2.81. The number of likely N-dealkylation sites (tertiary alicyclic amines) is 1. The van der Waals surface area contributed by atoms with Crippen LogP contribution in [0.1, 0.15) is 47.2 Å². The van der Waals surface area contributed by atoms with Crippen LogP contribution in [0.15, 0.2) is 54.6 Å². The normalized spacial score (nSPS) is 15.3. The number of sulfone groups is 1. The molecule has 0 radical (unpaired) electrons. The predicted molar refractivity (Wildman–Crippen MR) is 113 cm³/mol. The molecule has 2 aromatic carbocycles. The van der Waals surface area contributed by atoms with Crippen molar-refractivity contribution in [2.75, 3.05) is 13.1 Å². The van der Waals surface area contributed by atoms with Crippen LogP contribution in [0.25, 0.3) is 0 Å². The Bertz CT molecular complexity index is 944. The van der Waals surface area contributed by atoms with E-state index in [2.05, 4.69) is 0 Å². The van der Waals surface area contributed by atoms with E-state index in [-0.39, 0.29) is 30.3 Å². The molecule has 0 N–H and O–H groups in total. The zero-order valence-corrected chi connectivity index (χ0v) is 17.5. The maximum absolute atomic E-state index is 12.7. The monoisotopic (exact) mass is 413 g/mol. The second kappa shape index (κ2) is 9.35. The lowest BCUT2D eigenvalue weighted by Gasteiger charge is -2.31. The number of carbonyl (C=O) groups is 2. The fourth-order valence-electron chi connectivity index (χ4n) is 3.65. The van der Waals surface area contributed by atoms with E-state index in [0.29, 0.717) is 31.5 Å². The summed E-state index contributed by atoms with van der Waals surface area (Å²) in [4.78, 5) is 26.4. The molecular formula is C23H27NO4S. The van der Waals surface area contributed by atoms with Gasteiger partial charge >= 0.3 is 0 Å². The summed E-state index contributed by atoms with van der Waals surface area (Å²) in [5, 5.41) is -0.416. The van der Waals surface area contributed by atoms with Gasteiger partial charge in [0, 0.05) is 31.5 Å².